The van der Waals surface area contributed by atoms with Crippen molar-refractivity contribution in [2.75, 3.05) is 21.3 Å². The van der Waals surface area contributed by atoms with E-state index in [1.807, 2.05) is 18.2 Å². The lowest BCUT2D eigenvalue weighted by molar-refractivity contribution is -0.200. The summed E-state index contributed by atoms with van der Waals surface area (Å²) in [4.78, 5) is 0. The van der Waals surface area contributed by atoms with E-state index in [2.05, 4.69) is 0 Å². The van der Waals surface area contributed by atoms with Crippen LogP contribution in [0.3, 0.4) is 0 Å². The second-order valence-electron chi connectivity index (χ2n) is 5.39. The maximum absolute atomic E-state index is 10.4. The normalized spacial score (nSPS) is 23.5. The molecule has 3 rings (SSSR count). The van der Waals surface area contributed by atoms with Crippen LogP contribution in [0.5, 0.6) is 17.2 Å². The highest BCUT2D eigenvalue weighted by Crippen LogP contribution is 2.52. The van der Waals surface area contributed by atoms with Crippen LogP contribution in [0.15, 0.2) is 18.2 Å². The van der Waals surface area contributed by atoms with E-state index >= 15 is 0 Å². The van der Waals surface area contributed by atoms with Gasteiger partial charge in [-0.05, 0) is 13.0 Å². The van der Waals surface area contributed by atoms with Gasteiger partial charge in [0.25, 0.3) is 0 Å². The first-order valence-electron chi connectivity index (χ1n) is 7.31. The van der Waals surface area contributed by atoms with E-state index < -0.39 is 18.5 Å². The molecule has 0 fully saturated rings. The van der Waals surface area contributed by atoms with E-state index in [0.717, 1.165) is 10.8 Å². The van der Waals surface area contributed by atoms with Gasteiger partial charge >= 0.3 is 0 Å². The van der Waals surface area contributed by atoms with Gasteiger partial charge < -0.3 is 29.2 Å². The van der Waals surface area contributed by atoms with Crippen LogP contribution in [-0.4, -0.2) is 37.8 Å². The zero-order valence-electron chi connectivity index (χ0n) is 13.5. The van der Waals surface area contributed by atoms with Crippen molar-refractivity contribution >= 4 is 10.8 Å². The minimum absolute atomic E-state index is 0.471. The maximum atomic E-state index is 10.4. The highest BCUT2D eigenvalue weighted by atomic mass is 16.6. The van der Waals surface area contributed by atoms with Crippen molar-refractivity contribution < 1.29 is 29.2 Å². The predicted octanol–water partition coefficient (Wildman–Crippen LogP) is 2.31. The molecule has 2 N–H and O–H groups in total. The average molecular weight is 320 g/mol. The van der Waals surface area contributed by atoms with Crippen LogP contribution in [0.2, 0.25) is 0 Å². The number of hydrogen-bond donors (Lipinski definition) is 2. The lowest BCUT2D eigenvalue weighted by Crippen LogP contribution is -2.30. The summed E-state index contributed by atoms with van der Waals surface area (Å²) in [6.07, 6.45) is -3.01. The third kappa shape index (κ3) is 2.22. The Labute approximate surface area is 134 Å². The third-order valence-corrected chi connectivity index (χ3v) is 4.22. The Bertz CT molecular complexity index is 742. The second kappa shape index (κ2) is 5.88. The molecule has 0 aromatic heterocycles. The van der Waals surface area contributed by atoms with Gasteiger partial charge in [-0.15, -0.1) is 0 Å². The average Bonchev–Trinajstić information content (AvgIpc) is 2.56. The molecule has 1 heterocycles. The monoisotopic (exact) mass is 320 g/mol. The van der Waals surface area contributed by atoms with Gasteiger partial charge in [-0.1, -0.05) is 12.1 Å². The highest BCUT2D eigenvalue weighted by molar-refractivity contribution is 6.00. The molecule has 6 nitrogen and oxygen atoms in total. The Morgan fingerprint density at radius 3 is 2.26 bits per heavy atom. The van der Waals surface area contributed by atoms with E-state index in [9.17, 15) is 10.2 Å². The van der Waals surface area contributed by atoms with Crippen LogP contribution in [0.25, 0.3) is 10.8 Å². The lowest BCUT2D eigenvalue weighted by Gasteiger charge is -2.34. The Kier molecular flexibility index (Phi) is 4.06. The highest BCUT2D eigenvalue weighted by Gasteiger charge is 2.38. The number of hydrogen-bond acceptors (Lipinski definition) is 6. The molecule has 0 saturated heterocycles. The van der Waals surface area contributed by atoms with Crippen molar-refractivity contribution in [3.63, 3.8) is 0 Å². The molecule has 0 spiro atoms. The summed E-state index contributed by atoms with van der Waals surface area (Å²) >= 11 is 0. The van der Waals surface area contributed by atoms with Crippen LogP contribution < -0.4 is 14.2 Å². The molecule has 0 saturated carbocycles. The molecule has 1 aliphatic heterocycles. The second-order valence-corrected chi connectivity index (χ2v) is 5.39. The summed E-state index contributed by atoms with van der Waals surface area (Å²) in [5.41, 5.74) is 1.13. The summed E-state index contributed by atoms with van der Waals surface area (Å²) < 4.78 is 22.0. The van der Waals surface area contributed by atoms with E-state index in [4.69, 9.17) is 18.9 Å². The van der Waals surface area contributed by atoms with E-state index in [1.165, 1.54) is 7.11 Å². The molecule has 1 unspecified atom stereocenters. The Morgan fingerprint density at radius 2 is 1.65 bits per heavy atom. The van der Waals surface area contributed by atoms with Crippen LogP contribution in [0.1, 0.15) is 30.3 Å². The molecule has 0 aliphatic carbocycles. The van der Waals surface area contributed by atoms with Gasteiger partial charge in [-0.2, -0.15) is 0 Å². The molecular weight excluding hydrogens is 300 g/mol. The molecule has 0 bridgehead atoms. The summed E-state index contributed by atoms with van der Waals surface area (Å²) in [6.45, 7) is 1.79. The molecule has 3 atom stereocenters. The Hall–Kier alpha value is -2.02. The standard InChI is InChI=1S/C17H20O6/c1-8-11-13(14(18)17(19)23-8)15(21-3)9-6-5-7-10(20-2)12(9)16(11)22-4/h5-8,14,17-19H,1-4H3/t8-,14-,17?/m0/s1. The number of fused-ring (bicyclic) bond motifs is 2. The first kappa shape index (κ1) is 15.9. The summed E-state index contributed by atoms with van der Waals surface area (Å²) in [6, 6.07) is 5.52. The fourth-order valence-corrected chi connectivity index (χ4v) is 3.27. The van der Waals surface area contributed by atoms with Crippen LogP contribution in [0.4, 0.5) is 0 Å². The minimum atomic E-state index is -1.32. The van der Waals surface area contributed by atoms with Gasteiger partial charge in [-0.25, -0.2) is 0 Å². The number of methoxy groups -OCH3 is 3. The summed E-state index contributed by atoms with van der Waals surface area (Å²) in [7, 11) is 4.66. The zero-order valence-corrected chi connectivity index (χ0v) is 13.5. The van der Waals surface area contributed by atoms with Crippen molar-refractivity contribution in [1.29, 1.82) is 0 Å². The van der Waals surface area contributed by atoms with E-state index in [0.29, 0.717) is 28.4 Å². The number of aliphatic hydroxyl groups is 2. The van der Waals surface area contributed by atoms with Gasteiger partial charge in [0.15, 0.2) is 6.29 Å². The molecule has 0 amide bonds. The maximum Gasteiger partial charge on any atom is 0.185 e. The van der Waals surface area contributed by atoms with Crippen molar-refractivity contribution in [3.05, 3.63) is 29.3 Å². The molecule has 2 aromatic rings. The van der Waals surface area contributed by atoms with Crippen molar-refractivity contribution in [2.24, 2.45) is 0 Å². The molecule has 2 aromatic carbocycles. The molecule has 0 radical (unpaired) electrons. The summed E-state index contributed by atoms with van der Waals surface area (Å²) in [5, 5.41) is 21.9. The van der Waals surface area contributed by atoms with Gasteiger partial charge in [0.2, 0.25) is 0 Å². The third-order valence-electron chi connectivity index (χ3n) is 4.22. The largest absolute Gasteiger partial charge is 0.496 e. The fraction of sp³-hybridized carbons (Fsp3) is 0.412. The van der Waals surface area contributed by atoms with Crippen LogP contribution >= 0.6 is 0 Å². The molecule has 124 valence electrons. The topological polar surface area (TPSA) is 77.4 Å². The van der Waals surface area contributed by atoms with Gasteiger partial charge in [-0.3, -0.25) is 0 Å². The fourth-order valence-electron chi connectivity index (χ4n) is 3.27. The van der Waals surface area contributed by atoms with E-state index in [1.54, 1.807) is 21.1 Å². The van der Waals surface area contributed by atoms with Crippen molar-refractivity contribution in [1.82, 2.24) is 0 Å². The van der Waals surface area contributed by atoms with Crippen LogP contribution in [-0.2, 0) is 4.74 Å². The zero-order chi connectivity index (χ0) is 16.7. The van der Waals surface area contributed by atoms with E-state index in [-0.39, 0.29) is 0 Å². The van der Waals surface area contributed by atoms with Crippen molar-refractivity contribution in [3.8, 4) is 17.2 Å². The smallest absolute Gasteiger partial charge is 0.185 e. The summed E-state index contributed by atoms with van der Waals surface area (Å²) in [5.74, 6) is 1.66. The first-order valence-corrected chi connectivity index (χ1v) is 7.31. The Morgan fingerprint density at radius 1 is 0.957 bits per heavy atom. The first-order chi connectivity index (χ1) is 11.0. The molecular formula is C17H20O6. The molecule has 1 aliphatic rings. The lowest BCUT2D eigenvalue weighted by atomic mass is 9.89. The number of benzene rings is 2. The van der Waals surface area contributed by atoms with Gasteiger partial charge in [0.05, 0.1) is 32.8 Å². The predicted molar refractivity (Wildman–Crippen MR) is 84.1 cm³/mol. The SMILES string of the molecule is COc1c2c(c(OC)c3c(OC)cccc13)[C@H](C)OC(O)[C@H]2O. The number of aliphatic hydroxyl groups excluding tert-OH is 2. The van der Waals surface area contributed by atoms with Crippen LogP contribution in [0, 0.1) is 0 Å². The number of rotatable bonds is 3. The quantitative estimate of drug-likeness (QED) is 0.904. The minimum Gasteiger partial charge on any atom is -0.496 e. The van der Waals surface area contributed by atoms with Gasteiger partial charge in [0, 0.05) is 16.5 Å². The molecule has 6 heteroatoms. The van der Waals surface area contributed by atoms with Gasteiger partial charge in [0.1, 0.15) is 23.4 Å². The Balaban J connectivity index is 2.51. The molecule has 23 heavy (non-hydrogen) atoms. The van der Waals surface area contributed by atoms with Crippen molar-refractivity contribution in [2.45, 2.75) is 25.4 Å². The number of ether oxygens (including phenoxy) is 4.